The molecule has 1 aromatic rings. The SMILES string of the molecule is CC(=O)c1cnn(CCC(C)C)c1. The lowest BCUT2D eigenvalue weighted by Crippen LogP contribution is -2.01. The van der Waals surface area contributed by atoms with Crippen molar-refractivity contribution in [2.24, 2.45) is 5.92 Å². The summed E-state index contributed by atoms with van der Waals surface area (Å²) in [5, 5.41) is 4.11. The minimum absolute atomic E-state index is 0.0794. The van der Waals surface area contributed by atoms with E-state index in [1.54, 1.807) is 13.1 Å². The van der Waals surface area contributed by atoms with E-state index in [2.05, 4.69) is 18.9 Å². The van der Waals surface area contributed by atoms with E-state index in [9.17, 15) is 4.79 Å². The molecule has 0 aliphatic carbocycles. The standard InChI is InChI=1S/C10H16N2O/c1-8(2)4-5-12-7-10(6-11-12)9(3)13/h6-8H,4-5H2,1-3H3. The van der Waals surface area contributed by atoms with Crippen LogP contribution in [0.1, 0.15) is 37.6 Å². The number of rotatable bonds is 4. The van der Waals surface area contributed by atoms with Crippen molar-refractivity contribution in [3.8, 4) is 0 Å². The lowest BCUT2D eigenvalue weighted by atomic mass is 10.1. The number of ketones is 1. The van der Waals surface area contributed by atoms with Crippen LogP contribution in [0.3, 0.4) is 0 Å². The van der Waals surface area contributed by atoms with Crippen LogP contribution in [-0.2, 0) is 6.54 Å². The maximum absolute atomic E-state index is 10.9. The molecule has 0 aliphatic rings. The van der Waals surface area contributed by atoms with Crippen molar-refractivity contribution in [3.63, 3.8) is 0 Å². The molecule has 3 heteroatoms. The molecular formula is C10H16N2O. The van der Waals surface area contributed by atoms with E-state index in [1.165, 1.54) is 0 Å². The second-order valence-electron chi connectivity index (χ2n) is 3.73. The highest BCUT2D eigenvalue weighted by Gasteiger charge is 2.02. The summed E-state index contributed by atoms with van der Waals surface area (Å²) >= 11 is 0. The first kappa shape index (κ1) is 9.96. The molecule has 0 fully saturated rings. The molecule has 0 radical (unpaired) electrons. The number of carbonyl (C=O) groups is 1. The summed E-state index contributed by atoms with van der Waals surface area (Å²) in [6, 6.07) is 0. The third-order valence-corrected chi connectivity index (χ3v) is 1.98. The quantitative estimate of drug-likeness (QED) is 0.665. The summed E-state index contributed by atoms with van der Waals surface area (Å²) in [5.41, 5.74) is 0.698. The second-order valence-corrected chi connectivity index (χ2v) is 3.73. The van der Waals surface area contributed by atoms with Gasteiger partial charge >= 0.3 is 0 Å². The zero-order valence-electron chi connectivity index (χ0n) is 8.45. The average Bonchev–Trinajstić information content (AvgIpc) is 2.48. The van der Waals surface area contributed by atoms with Gasteiger partial charge in [-0.15, -0.1) is 0 Å². The van der Waals surface area contributed by atoms with Crippen LogP contribution in [0.25, 0.3) is 0 Å². The first-order valence-electron chi connectivity index (χ1n) is 4.63. The Morgan fingerprint density at radius 1 is 1.62 bits per heavy atom. The van der Waals surface area contributed by atoms with Gasteiger partial charge in [0.2, 0.25) is 0 Å². The summed E-state index contributed by atoms with van der Waals surface area (Å²) in [7, 11) is 0. The van der Waals surface area contributed by atoms with Crippen LogP contribution in [0.15, 0.2) is 12.4 Å². The fourth-order valence-electron chi connectivity index (χ4n) is 1.06. The van der Waals surface area contributed by atoms with Gasteiger partial charge in [0.05, 0.1) is 11.8 Å². The Hall–Kier alpha value is -1.12. The minimum atomic E-state index is 0.0794. The number of Topliss-reactive ketones (excluding diaryl/α,β-unsaturated/α-hetero) is 1. The Morgan fingerprint density at radius 2 is 2.31 bits per heavy atom. The van der Waals surface area contributed by atoms with Crippen molar-refractivity contribution < 1.29 is 4.79 Å². The van der Waals surface area contributed by atoms with Crippen LogP contribution < -0.4 is 0 Å². The average molecular weight is 180 g/mol. The van der Waals surface area contributed by atoms with Crippen LogP contribution in [0.5, 0.6) is 0 Å². The molecule has 0 saturated carbocycles. The maximum atomic E-state index is 10.9. The Kier molecular flexibility index (Phi) is 3.23. The highest BCUT2D eigenvalue weighted by atomic mass is 16.1. The third kappa shape index (κ3) is 3.01. The molecule has 0 N–H and O–H groups in total. The van der Waals surface area contributed by atoms with Gasteiger partial charge in [0, 0.05) is 12.7 Å². The van der Waals surface area contributed by atoms with Crippen molar-refractivity contribution in [2.75, 3.05) is 0 Å². The van der Waals surface area contributed by atoms with Crippen LogP contribution in [0.4, 0.5) is 0 Å². The van der Waals surface area contributed by atoms with E-state index in [1.807, 2.05) is 10.9 Å². The maximum Gasteiger partial charge on any atom is 0.162 e. The van der Waals surface area contributed by atoms with Gasteiger partial charge in [-0.25, -0.2) is 0 Å². The zero-order chi connectivity index (χ0) is 9.84. The smallest absolute Gasteiger partial charge is 0.162 e. The molecule has 0 amide bonds. The predicted molar refractivity (Wildman–Crippen MR) is 51.7 cm³/mol. The molecule has 1 aromatic heterocycles. The molecule has 72 valence electrons. The molecule has 0 atom stereocenters. The Bertz CT molecular complexity index is 289. The van der Waals surface area contributed by atoms with Gasteiger partial charge in [-0.1, -0.05) is 13.8 Å². The zero-order valence-corrected chi connectivity index (χ0v) is 8.45. The summed E-state index contributed by atoms with van der Waals surface area (Å²) < 4.78 is 1.83. The van der Waals surface area contributed by atoms with Crippen LogP contribution >= 0.6 is 0 Å². The molecule has 1 rings (SSSR count). The highest BCUT2D eigenvalue weighted by molar-refractivity contribution is 5.93. The van der Waals surface area contributed by atoms with Gasteiger partial charge in [-0.05, 0) is 19.3 Å². The monoisotopic (exact) mass is 180 g/mol. The number of aryl methyl sites for hydroxylation is 1. The molecule has 0 saturated heterocycles. The first-order valence-corrected chi connectivity index (χ1v) is 4.63. The number of hydrogen-bond acceptors (Lipinski definition) is 2. The van der Waals surface area contributed by atoms with Crippen molar-refractivity contribution in [1.29, 1.82) is 0 Å². The van der Waals surface area contributed by atoms with Crippen LogP contribution in [0, 0.1) is 5.92 Å². The van der Waals surface area contributed by atoms with Gasteiger partial charge in [0.15, 0.2) is 5.78 Å². The van der Waals surface area contributed by atoms with E-state index >= 15 is 0 Å². The lowest BCUT2D eigenvalue weighted by Gasteiger charge is -2.03. The van der Waals surface area contributed by atoms with Crippen molar-refractivity contribution >= 4 is 5.78 Å². The number of carbonyl (C=O) groups excluding carboxylic acids is 1. The van der Waals surface area contributed by atoms with Crippen molar-refractivity contribution in [3.05, 3.63) is 18.0 Å². The largest absolute Gasteiger partial charge is 0.294 e. The van der Waals surface area contributed by atoms with Gasteiger partial charge in [0.25, 0.3) is 0 Å². The van der Waals surface area contributed by atoms with E-state index in [4.69, 9.17) is 0 Å². The number of aromatic nitrogens is 2. The third-order valence-electron chi connectivity index (χ3n) is 1.98. The molecule has 3 nitrogen and oxygen atoms in total. The fraction of sp³-hybridized carbons (Fsp3) is 0.600. The van der Waals surface area contributed by atoms with Crippen molar-refractivity contribution in [1.82, 2.24) is 9.78 Å². The predicted octanol–water partition coefficient (Wildman–Crippen LogP) is 2.13. The number of hydrogen-bond donors (Lipinski definition) is 0. The molecule has 1 heterocycles. The van der Waals surface area contributed by atoms with E-state index in [0.29, 0.717) is 11.5 Å². The fourth-order valence-corrected chi connectivity index (χ4v) is 1.06. The molecule has 13 heavy (non-hydrogen) atoms. The Balaban J connectivity index is 2.54. The van der Waals surface area contributed by atoms with Crippen LogP contribution in [0.2, 0.25) is 0 Å². The summed E-state index contributed by atoms with van der Waals surface area (Å²) in [5.74, 6) is 0.751. The molecular weight excluding hydrogens is 164 g/mol. The molecule has 0 spiro atoms. The van der Waals surface area contributed by atoms with Crippen LogP contribution in [-0.4, -0.2) is 15.6 Å². The lowest BCUT2D eigenvalue weighted by molar-refractivity contribution is 0.101. The number of nitrogens with zero attached hydrogens (tertiary/aromatic N) is 2. The normalized spacial score (nSPS) is 10.8. The highest BCUT2D eigenvalue weighted by Crippen LogP contribution is 2.04. The van der Waals surface area contributed by atoms with Gasteiger partial charge in [-0.2, -0.15) is 5.10 Å². The Morgan fingerprint density at radius 3 is 2.77 bits per heavy atom. The topological polar surface area (TPSA) is 34.9 Å². The first-order chi connectivity index (χ1) is 6.09. The molecule has 0 aromatic carbocycles. The second kappa shape index (κ2) is 4.21. The van der Waals surface area contributed by atoms with E-state index in [0.717, 1.165) is 13.0 Å². The summed E-state index contributed by atoms with van der Waals surface area (Å²) in [4.78, 5) is 10.9. The van der Waals surface area contributed by atoms with Gasteiger partial charge in [-0.3, -0.25) is 9.48 Å². The molecule has 0 aliphatic heterocycles. The van der Waals surface area contributed by atoms with E-state index < -0.39 is 0 Å². The Labute approximate surface area is 78.8 Å². The van der Waals surface area contributed by atoms with Gasteiger partial charge < -0.3 is 0 Å². The molecule has 0 bridgehead atoms. The molecule has 0 unspecified atom stereocenters. The minimum Gasteiger partial charge on any atom is -0.294 e. The summed E-state index contributed by atoms with van der Waals surface area (Å²) in [6.45, 7) is 6.81. The van der Waals surface area contributed by atoms with Gasteiger partial charge in [0.1, 0.15) is 0 Å². The van der Waals surface area contributed by atoms with E-state index in [-0.39, 0.29) is 5.78 Å². The summed E-state index contributed by atoms with van der Waals surface area (Å²) in [6.07, 6.45) is 4.53. The van der Waals surface area contributed by atoms with Crippen molar-refractivity contribution in [2.45, 2.75) is 33.7 Å².